The van der Waals surface area contributed by atoms with Gasteiger partial charge >= 0.3 is 0 Å². The molecule has 0 aromatic heterocycles. The summed E-state index contributed by atoms with van der Waals surface area (Å²) in [6, 6.07) is 5.70. The first kappa shape index (κ1) is 15.5. The Morgan fingerprint density at radius 3 is 2.76 bits per heavy atom. The van der Waals surface area contributed by atoms with Gasteiger partial charge in [0.25, 0.3) is 0 Å². The van der Waals surface area contributed by atoms with Gasteiger partial charge in [-0.05, 0) is 38.3 Å². The SMILES string of the molecule is Cc1ccc(NC(=O)[C@H](CC(=O)[O-])[C@H]2CCCO2)c(C)c1. The molecular formula is C16H20NO4-. The van der Waals surface area contributed by atoms with E-state index in [1.165, 1.54) is 0 Å². The number of carbonyl (C=O) groups is 2. The van der Waals surface area contributed by atoms with Crippen molar-refractivity contribution in [1.82, 2.24) is 0 Å². The monoisotopic (exact) mass is 290 g/mol. The maximum absolute atomic E-state index is 12.4. The summed E-state index contributed by atoms with van der Waals surface area (Å²) in [5.41, 5.74) is 2.76. The number of aryl methyl sites for hydroxylation is 2. The van der Waals surface area contributed by atoms with Gasteiger partial charge in [-0.2, -0.15) is 0 Å². The summed E-state index contributed by atoms with van der Waals surface area (Å²) in [7, 11) is 0. The highest BCUT2D eigenvalue weighted by molar-refractivity contribution is 5.95. The van der Waals surface area contributed by atoms with Crippen molar-refractivity contribution >= 4 is 17.6 Å². The number of nitrogens with one attached hydrogen (secondary N) is 1. The molecule has 1 N–H and O–H groups in total. The molecule has 1 aromatic carbocycles. The van der Waals surface area contributed by atoms with Crippen molar-refractivity contribution in [2.75, 3.05) is 11.9 Å². The quantitative estimate of drug-likeness (QED) is 0.883. The van der Waals surface area contributed by atoms with Crippen molar-refractivity contribution < 1.29 is 19.4 Å². The lowest BCUT2D eigenvalue weighted by atomic mass is 9.95. The Kier molecular flexibility index (Phi) is 4.96. The van der Waals surface area contributed by atoms with Crippen LogP contribution < -0.4 is 10.4 Å². The first-order valence-corrected chi connectivity index (χ1v) is 7.17. The third-order valence-corrected chi connectivity index (χ3v) is 3.78. The lowest BCUT2D eigenvalue weighted by Gasteiger charge is -2.23. The normalized spacial score (nSPS) is 19.2. The number of hydrogen-bond donors (Lipinski definition) is 1. The Hall–Kier alpha value is -1.88. The molecule has 1 fully saturated rings. The van der Waals surface area contributed by atoms with E-state index in [9.17, 15) is 14.7 Å². The van der Waals surface area contributed by atoms with Gasteiger partial charge < -0.3 is 20.0 Å². The summed E-state index contributed by atoms with van der Waals surface area (Å²) in [6.45, 7) is 4.46. The predicted molar refractivity (Wildman–Crippen MR) is 76.6 cm³/mol. The van der Waals surface area contributed by atoms with Gasteiger partial charge in [0.05, 0.1) is 12.0 Å². The second kappa shape index (κ2) is 6.72. The zero-order chi connectivity index (χ0) is 15.4. The summed E-state index contributed by atoms with van der Waals surface area (Å²) in [5.74, 6) is -2.26. The average molecular weight is 290 g/mol. The summed E-state index contributed by atoms with van der Waals surface area (Å²) in [6.07, 6.45) is 0.902. The van der Waals surface area contributed by atoms with Gasteiger partial charge in [-0.3, -0.25) is 4.79 Å². The maximum atomic E-state index is 12.4. The summed E-state index contributed by atoms with van der Waals surface area (Å²) in [4.78, 5) is 23.3. The molecule has 0 bridgehead atoms. The Bertz CT molecular complexity index is 535. The van der Waals surface area contributed by atoms with Gasteiger partial charge in [-0.1, -0.05) is 17.7 Å². The first-order valence-electron chi connectivity index (χ1n) is 7.17. The highest BCUT2D eigenvalue weighted by atomic mass is 16.5. The number of carboxylic acid groups (broad SMARTS) is 1. The fourth-order valence-corrected chi connectivity index (χ4v) is 2.67. The Morgan fingerprint density at radius 1 is 1.43 bits per heavy atom. The van der Waals surface area contributed by atoms with Crippen LogP contribution in [0.4, 0.5) is 5.69 Å². The first-order chi connectivity index (χ1) is 9.97. The van der Waals surface area contributed by atoms with Crippen LogP contribution in [0.15, 0.2) is 18.2 Å². The zero-order valence-electron chi connectivity index (χ0n) is 12.3. The lowest BCUT2D eigenvalue weighted by Crippen LogP contribution is -2.38. The van der Waals surface area contributed by atoms with Gasteiger partial charge in [-0.15, -0.1) is 0 Å². The molecule has 1 saturated heterocycles. The molecule has 1 aliphatic heterocycles. The van der Waals surface area contributed by atoms with E-state index in [2.05, 4.69) is 5.32 Å². The smallest absolute Gasteiger partial charge is 0.230 e. The third-order valence-electron chi connectivity index (χ3n) is 3.78. The van der Waals surface area contributed by atoms with E-state index in [4.69, 9.17) is 4.74 Å². The predicted octanol–water partition coefficient (Wildman–Crippen LogP) is 1.18. The van der Waals surface area contributed by atoms with E-state index < -0.39 is 11.9 Å². The van der Waals surface area contributed by atoms with Gasteiger partial charge in [0.2, 0.25) is 5.91 Å². The average Bonchev–Trinajstić information content (AvgIpc) is 2.92. The molecule has 1 aromatic rings. The van der Waals surface area contributed by atoms with Crippen LogP contribution in [0.5, 0.6) is 0 Å². The van der Waals surface area contributed by atoms with Gasteiger partial charge in [0.15, 0.2) is 0 Å². The Labute approximate surface area is 124 Å². The van der Waals surface area contributed by atoms with Crippen molar-refractivity contribution in [3.8, 4) is 0 Å². The highest BCUT2D eigenvalue weighted by Crippen LogP contribution is 2.25. The minimum Gasteiger partial charge on any atom is -0.550 e. The topological polar surface area (TPSA) is 78.5 Å². The van der Waals surface area contributed by atoms with E-state index in [0.29, 0.717) is 18.7 Å². The molecule has 0 saturated carbocycles. The minimum absolute atomic E-state index is 0.318. The highest BCUT2D eigenvalue weighted by Gasteiger charge is 2.32. The number of rotatable bonds is 5. The molecule has 0 radical (unpaired) electrons. The number of carboxylic acids is 1. The molecule has 5 heteroatoms. The van der Waals surface area contributed by atoms with Crippen LogP contribution in [0.1, 0.15) is 30.4 Å². The van der Waals surface area contributed by atoms with Crippen molar-refractivity contribution in [1.29, 1.82) is 0 Å². The molecule has 114 valence electrons. The second-order valence-electron chi connectivity index (χ2n) is 5.54. The van der Waals surface area contributed by atoms with Crippen LogP contribution in [-0.4, -0.2) is 24.6 Å². The van der Waals surface area contributed by atoms with Gasteiger partial charge in [0.1, 0.15) is 0 Å². The molecule has 5 nitrogen and oxygen atoms in total. The van der Waals surface area contributed by atoms with Gasteiger partial charge in [0, 0.05) is 24.7 Å². The molecule has 0 spiro atoms. The Morgan fingerprint density at radius 2 is 2.19 bits per heavy atom. The van der Waals surface area contributed by atoms with E-state index in [-0.39, 0.29) is 18.4 Å². The fourth-order valence-electron chi connectivity index (χ4n) is 2.67. The van der Waals surface area contributed by atoms with E-state index in [1.54, 1.807) is 0 Å². The van der Waals surface area contributed by atoms with Crippen LogP contribution in [0, 0.1) is 19.8 Å². The molecule has 0 unspecified atom stereocenters. The third kappa shape index (κ3) is 4.04. The van der Waals surface area contributed by atoms with Crippen LogP contribution in [0.3, 0.4) is 0 Å². The number of aliphatic carboxylic acids is 1. The number of hydrogen-bond acceptors (Lipinski definition) is 4. The van der Waals surface area contributed by atoms with Crippen molar-refractivity contribution in [3.63, 3.8) is 0 Å². The molecule has 0 aliphatic carbocycles. The lowest BCUT2D eigenvalue weighted by molar-refractivity contribution is -0.307. The van der Waals surface area contributed by atoms with Gasteiger partial charge in [-0.25, -0.2) is 0 Å². The molecule has 2 atom stereocenters. The van der Waals surface area contributed by atoms with E-state index in [0.717, 1.165) is 17.5 Å². The maximum Gasteiger partial charge on any atom is 0.230 e. The standard InChI is InChI=1S/C16H21NO4/c1-10-5-6-13(11(2)8-10)17-16(20)12(9-15(18)19)14-4-3-7-21-14/h5-6,8,12,14H,3-4,7,9H2,1-2H3,(H,17,20)(H,18,19)/p-1/t12-,14-/m1/s1. The van der Waals surface area contributed by atoms with E-state index in [1.807, 2.05) is 32.0 Å². The summed E-state index contributed by atoms with van der Waals surface area (Å²) < 4.78 is 5.47. The van der Waals surface area contributed by atoms with Crippen LogP contribution in [-0.2, 0) is 14.3 Å². The number of ether oxygens (including phenoxy) is 1. The van der Waals surface area contributed by atoms with Crippen molar-refractivity contribution in [2.45, 2.75) is 39.2 Å². The zero-order valence-corrected chi connectivity index (χ0v) is 12.3. The molecule has 21 heavy (non-hydrogen) atoms. The molecule has 1 amide bonds. The van der Waals surface area contributed by atoms with Crippen LogP contribution in [0.25, 0.3) is 0 Å². The second-order valence-corrected chi connectivity index (χ2v) is 5.54. The van der Waals surface area contributed by atoms with E-state index >= 15 is 0 Å². The van der Waals surface area contributed by atoms with Crippen LogP contribution in [0.2, 0.25) is 0 Å². The van der Waals surface area contributed by atoms with Crippen molar-refractivity contribution in [3.05, 3.63) is 29.3 Å². The Balaban J connectivity index is 2.11. The van der Waals surface area contributed by atoms with Crippen LogP contribution >= 0.6 is 0 Å². The number of benzene rings is 1. The minimum atomic E-state index is -1.23. The molecular weight excluding hydrogens is 270 g/mol. The summed E-state index contributed by atoms with van der Waals surface area (Å²) in [5, 5.41) is 13.7. The summed E-state index contributed by atoms with van der Waals surface area (Å²) >= 11 is 0. The molecule has 2 rings (SSSR count). The largest absolute Gasteiger partial charge is 0.550 e. The number of amides is 1. The van der Waals surface area contributed by atoms with Crippen molar-refractivity contribution in [2.24, 2.45) is 5.92 Å². The molecule has 1 heterocycles. The fraction of sp³-hybridized carbons (Fsp3) is 0.500. The molecule has 1 aliphatic rings. The number of anilines is 1. The number of carbonyl (C=O) groups excluding carboxylic acids is 2.